The van der Waals surface area contributed by atoms with Gasteiger partial charge in [-0.15, -0.1) is 0 Å². The molecule has 2 atom stereocenters. The molecule has 1 fully saturated rings. The SMILES string of the molecule is CCc1ccc(CC2(O)CCCC(C)CC2)cc1. The molecule has 1 heteroatoms. The van der Waals surface area contributed by atoms with Crippen molar-refractivity contribution in [2.24, 2.45) is 5.92 Å². The van der Waals surface area contributed by atoms with Crippen LogP contribution in [-0.4, -0.2) is 10.7 Å². The van der Waals surface area contributed by atoms with Gasteiger partial charge in [0, 0.05) is 6.42 Å². The molecule has 2 rings (SSSR count). The van der Waals surface area contributed by atoms with Crippen molar-refractivity contribution >= 4 is 0 Å². The van der Waals surface area contributed by atoms with Crippen LogP contribution in [-0.2, 0) is 12.8 Å². The fourth-order valence-corrected chi connectivity index (χ4v) is 3.01. The van der Waals surface area contributed by atoms with E-state index in [1.165, 1.54) is 30.4 Å². The number of aliphatic hydroxyl groups is 1. The minimum Gasteiger partial charge on any atom is -0.390 e. The lowest BCUT2D eigenvalue weighted by Crippen LogP contribution is -2.30. The predicted molar refractivity (Wildman–Crippen MR) is 76.7 cm³/mol. The van der Waals surface area contributed by atoms with Gasteiger partial charge in [0.2, 0.25) is 0 Å². The van der Waals surface area contributed by atoms with E-state index in [-0.39, 0.29) is 0 Å². The fourth-order valence-electron chi connectivity index (χ4n) is 3.01. The van der Waals surface area contributed by atoms with Crippen molar-refractivity contribution in [1.29, 1.82) is 0 Å². The highest BCUT2D eigenvalue weighted by Gasteiger charge is 2.29. The molecule has 1 aromatic carbocycles. The molecule has 0 radical (unpaired) electrons. The molecule has 0 aliphatic heterocycles. The molecule has 0 bridgehead atoms. The average Bonchev–Trinajstić information content (AvgIpc) is 2.53. The number of hydrogen-bond donors (Lipinski definition) is 1. The van der Waals surface area contributed by atoms with Crippen LogP contribution < -0.4 is 0 Å². The third kappa shape index (κ3) is 3.58. The smallest absolute Gasteiger partial charge is 0.0688 e. The van der Waals surface area contributed by atoms with E-state index in [2.05, 4.69) is 38.1 Å². The van der Waals surface area contributed by atoms with Gasteiger partial charge >= 0.3 is 0 Å². The van der Waals surface area contributed by atoms with E-state index in [0.29, 0.717) is 0 Å². The maximum atomic E-state index is 10.7. The molecule has 0 heterocycles. The van der Waals surface area contributed by atoms with E-state index in [4.69, 9.17) is 0 Å². The molecule has 1 aromatic rings. The summed E-state index contributed by atoms with van der Waals surface area (Å²) in [6.45, 7) is 4.48. The summed E-state index contributed by atoms with van der Waals surface area (Å²) in [5.41, 5.74) is 2.20. The first-order valence-corrected chi connectivity index (χ1v) is 7.41. The van der Waals surface area contributed by atoms with Crippen LogP contribution in [0.2, 0.25) is 0 Å². The Bertz CT molecular complexity index is 368. The topological polar surface area (TPSA) is 20.2 Å². The first kappa shape index (κ1) is 13.6. The van der Waals surface area contributed by atoms with Crippen molar-refractivity contribution < 1.29 is 5.11 Å². The van der Waals surface area contributed by atoms with E-state index in [1.807, 2.05) is 0 Å². The van der Waals surface area contributed by atoms with Gasteiger partial charge in [0.25, 0.3) is 0 Å². The second-order valence-corrected chi connectivity index (χ2v) is 6.11. The zero-order chi connectivity index (χ0) is 13.0. The number of rotatable bonds is 3. The summed E-state index contributed by atoms with van der Waals surface area (Å²) in [6, 6.07) is 8.76. The number of benzene rings is 1. The number of aryl methyl sites for hydroxylation is 1. The van der Waals surface area contributed by atoms with Gasteiger partial charge in [0.1, 0.15) is 0 Å². The monoisotopic (exact) mass is 246 g/mol. The zero-order valence-electron chi connectivity index (χ0n) is 11.8. The molecule has 1 aliphatic carbocycles. The van der Waals surface area contributed by atoms with Crippen molar-refractivity contribution in [2.45, 2.75) is 64.4 Å². The summed E-state index contributed by atoms with van der Waals surface area (Å²) < 4.78 is 0. The first-order valence-electron chi connectivity index (χ1n) is 7.41. The highest BCUT2D eigenvalue weighted by Crippen LogP contribution is 2.32. The van der Waals surface area contributed by atoms with Crippen molar-refractivity contribution in [3.05, 3.63) is 35.4 Å². The molecule has 0 saturated heterocycles. The summed E-state index contributed by atoms with van der Waals surface area (Å²) >= 11 is 0. The van der Waals surface area contributed by atoms with E-state index < -0.39 is 5.60 Å². The van der Waals surface area contributed by atoms with Gasteiger partial charge in [0.05, 0.1) is 5.60 Å². The van der Waals surface area contributed by atoms with Gasteiger partial charge in [-0.1, -0.05) is 51.0 Å². The lowest BCUT2D eigenvalue weighted by Gasteiger charge is -2.27. The van der Waals surface area contributed by atoms with Crippen LogP contribution in [0.15, 0.2) is 24.3 Å². The number of hydrogen-bond acceptors (Lipinski definition) is 1. The molecule has 100 valence electrons. The maximum Gasteiger partial charge on any atom is 0.0688 e. The highest BCUT2D eigenvalue weighted by atomic mass is 16.3. The van der Waals surface area contributed by atoms with Crippen LogP contribution >= 0.6 is 0 Å². The van der Waals surface area contributed by atoms with Crippen LogP contribution in [0.1, 0.15) is 57.1 Å². The summed E-state index contributed by atoms with van der Waals surface area (Å²) in [5, 5.41) is 10.7. The van der Waals surface area contributed by atoms with Crippen LogP contribution in [0.25, 0.3) is 0 Å². The normalized spacial score (nSPS) is 28.9. The summed E-state index contributed by atoms with van der Waals surface area (Å²) in [5.74, 6) is 0.779. The minimum atomic E-state index is -0.460. The second kappa shape index (κ2) is 5.88. The van der Waals surface area contributed by atoms with E-state index in [1.54, 1.807) is 0 Å². The minimum absolute atomic E-state index is 0.460. The molecule has 1 N–H and O–H groups in total. The van der Waals surface area contributed by atoms with E-state index in [9.17, 15) is 5.11 Å². The average molecular weight is 246 g/mol. The van der Waals surface area contributed by atoms with Crippen molar-refractivity contribution in [1.82, 2.24) is 0 Å². The molecule has 1 aliphatic rings. The lowest BCUT2D eigenvalue weighted by molar-refractivity contribution is 0.0244. The molecular formula is C17H26O. The second-order valence-electron chi connectivity index (χ2n) is 6.11. The van der Waals surface area contributed by atoms with Gasteiger partial charge in [-0.25, -0.2) is 0 Å². The molecule has 1 saturated carbocycles. The van der Waals surface area contributed by atoms with Gasteiger partial charge in [-0.05, 0) is 42.7 Å². The molecule has 0 aromatic heterocycles. The van der Waals surface area contributed by atoms with Gasteiger partial charge in [-0.3, -0.25) is 0 Å². The highest BCUT2D eigenvalue weighted by molar-refractivity contribution is 5.23. The molecule has 1 nitrogen and oxygen atoms in total. The summed E-state index contributed by atoms with van der Waals surface area (Å²) in [6.07, 6.45) is 7.45. The van der Waals surface area contributed by atoms with E-state index in [0.717, 1.165) is 31.6 Å². The van der Waals surface area contributed by atoms with Crippen LogP contribution in [0.3, 0.4) is 0 Å². The van der Waals surface area contributed by atoms with Gasteiger partial charge in [-0.2, -0.15) is 0 Å². The Kier molecular flexibility index (Phi) is 4.45. The van der Waals surface area contributed by atoms with Crippen molar-refractivity contribution in [3.8, 4) is 0 Å². The van der Waals surface area contributed by atoms with Crippen molar-refractivity contribution in [3.63, 3.8) is 0 Å². The quantitative estimate of drug-likeness (QED) is 0.795. The Morgan fingerprint density at radius 2 is 1.78 bits per heavy atom. The summed E-state index contributed by atoms with van der Waals surface area (Å²) in [4.78, 5) is 0. The van der Waals surface area contributed by atoms with Gasteiger partial charge < -0.3 is 5.11 Å². The molecule has 18 heavy (non-hydrogen) atoms. The Morgan fingerprint density at radius 3 is 2.44 bits per heavy atom. The third-order valence-corrected chi connectivity index (χ3v) is 4.41. The Labute approximate surface area is 111 Å². The molecular weight excluding hydrogens is 220 g/mol. The third-order valence-electron chi connectivity index (χ3n) is 4.41. The predicted octanol–water partition coefficient (Wildman–Crippen LogP) is 4.12. The van der Waals surface area contributed by atoms with Crippen LogP contribution in [0.5, 0.6) is 0 Å². The lowest BCUT2D eigenvalue weighted by atomic mass is 9.87. The molecule has 0 spiro atoms. The standard InChI is InChI=1S/C17H26O/c1-3-15-6-8-16(9-7-15)13-17(18)11-4-5-14(2)10-12-17/h6-9,14,18H,3-5,10-13H2,1-2H3. The Balaban J connectivity index is 2.01. The summed E-state index contributed by atoms with van der Waals surface area (Å²) in [7, 11) is 0. The van der Waals surface area contributed by atoms with Crippen molar-refractivity contribution in [2.75, 3.05) is 0 Å². The first-order chi connectivity index (χ1) is 8.61. The fraction of sp³-hybridized carbons (Fsp3) is 0.647. The maximum absolute atomic E-state index is 10.7. The Morgan fingerprint density at radius 1 is 1.11 bits per heavy atom. The van der Waals surface area contributed by atoms with Crippen LogP contribution in [0.4, 0.5) is 0 Å². The Hall–Kier alpha value is -0.820. The van der Waals surface area contributed by atoms with E-state index >= 15 is 0 Å². The molecule has 0 amide bonds. The van der Waals surface area contributed by atoms with Crippen LogP contribution in [0, 0.1) is 5.92 Å². The largest absolute Gasteiger partial charge is 0.390 e. The zero-order valence-corrected chi connectivity index (χ0v) is 11.8. The molecule has 2 unspecified atom stereocenters. The van der Waals surface area contributed by atoms with Gasteiger partial charge in [0.15, 0.2) is 0 Å².